The van der Waals surface area contributed by atoms with Gasteiger partial charge >= 0.3 is 0 Å². The number of rotatable bonds is 3. The Balaban J connectivity index is 0.00000225. The number of nitrogens with zero attached hydrogens (tertiary/aromatic N) is 2. The molecule has 0 aromatic carbocycles. The van der Waals surface area contributed by atoms with Gasteiger partial charge in [0, 0.05) is 18.1 Å². The van der Waals surface area contributed by atoms with Gasteiger partial charge in [0.15, 0.2) is 0 Å². The molecule has 1 unspecified atom stereocenters. The lowest BCUT2D eigenvalue weighted by Crippen LogP contribution is -2.45. The summed E-state index contributed by atoms with van der Waals surface area (Å²) in [6.45, 7) is 7.66. The molecule has 0 aliphatic carbocycles. The van der Waals surface area contributed by atoms with Gasteiger partial charge in [0.05, 0.1) is 0 Å². The molecule has 16 heavy (non-hydrogen) atoms. The molecule has 1 saturated heterocycles. The maximum atomic E-state index is 6.06. The summed E-state index contributed by atoms with van der Waals surface area (Å²) in [5.41, 5.74) is 6.00. The van der Waals surface area contributed by atoms with E-state index in [1.807, 2.05) is 0 Å². The van der Waals surface area contributed by atoms with E-state index in [2.05, 4.69) is 37.7 Å². The fourth-order valence-corrected chi connectivity index (χ4v) is 2.39. The van der Waals surface area contributed by atoms with Crippen LogP contribution in [0.3, 0.4) is 0 Å². The summed E-state index contributed by atoms with van der Waals surface area (Å²) in [6.07, 6.45) is 3.91. The Kier molecular flexibility index (Phi) is 6.87. The molecule has 0 amide bonds. The average Bonchev–Trinajstić information content (AvgIpc) is 2.26. The fourth-order valence-electron chi connectivity index (χ4n) is 2.39. The molecular weight excluding hydrogens is 222 g/mol. The first-order valence-electron chi connectivity index (χ1n) is 6.06. The Morgan fingerprint density at radius 1 is 1.25 bits per heavy atom. The van der Waals surface area contributed by atoms with Crippen LogP contribution in [-0.2, 0) is 0 Å². The van der Waals surface area contributed by atoms with Crippen LogP contribution in [0, 0.1) is 0 Å². The summed E-state index contributed by atoms with van der Waals surface area (Å²) in [4.78, 5) is 4.88. The van der Waals surface area contributed by atoms with Crippen LogP contribution in [0.25, 0.3) is 0 Å². The average molecular weight is 250 g/mol. The third-order valence-corrected chi connectivity index (χ3v) is 3.15. The smallest absolute Gasteiger partial charge is 0.0226 e. The van der Waals surface area contributed by atoms with E-state index >= 15 is 0 Å². The highest BCUT2D eigenvalue weighted by molar-refractivity contribution is 5.85. The van der Waals surface area contributed by atoms with E-state index < -0.39 is 0 Å². The highest BCUT2D eigenvalue weighted by Crippen LogP contribution is 2.15. The lowest BCUT2D eigenvalue weighted by Gasteiger charge is -2.29. The molecule has 1 fully saturated rings. The summed E-state index contributed by atoms with van der Waals surface area (Å²) in [7, 11) is 4.38. The Morgan fingerprint density at radius 3 is 2.38 bits per heavy atom. The van der Waals surface area contributed by atoms with Crippen LogP contribution in [0.4, 0.5) is 0 Å². The van der Waals surface area contributed by atoms with Crippen molar-refractivity contribution in [1.29, 1.82) is 0 Å². The van der Waals surface area contributed by atoms with Crippen LogP contribution in [0.2, 0.25) is 0 Å². The number of nitrogens with two attached hydrogens (primary N) is 1. The van der Waals surface area contributed by atoms with Crippen molar-refractivity contribution >= 4 is 12.4 Å². The highest BCUT2D eigenvalue weighted by atomic mass is 35.5. The third kappa shape index (κ3) is 6.04. The third-order valence-electron chi connectivity index (χ3n) is 3.15. The minimum Gasteiger partial charge on any atom is -0.324 e. The Hall–Kier alpha value is 0.170. The zero-order valence-corrected chi connectivity index (χ0v) is 12.0. The molecule has 2 N–H and O–H groups in total. The monoisotopic (exact) mass is 249 g/mol. The standard InChI is InChI=1S/C12H27N3.ClH/c1-12(2,13)10-15-8-5-6-11(7-9-15)14(3)4;/h11H,5-10,13H2,1-4H3;1H. The van der Waals surface area contributed by atoms with Crippen LogP contribution in [-0.4, -0.2) is 55.1 Å². The molecular formula is C12H28ClN3. The topological polar surface area (TPSA) is 32.5 Å². The molecule has 0 spiro atoms. The van der Waals surface area contributed by atoms with Crippen molar-refractivity contribution in [3.8, 4) is 0 Å². The van der Waals surface area contributed by atoms with Crippen molar-refractivity contribution in [1.82, 2.24) is 9.80 Å². The highest BCUT2D eigenvalue weighted by Gasteiger charge is 2.21. The molecule has 1 aliphatic heterocycles. The zero-order chi connectivity index (χ0) is 11.5. The molecule has 0 radical (unpaired) electrons. The number of likely N-dealkylation sites (tertiary alicyclic amines) is 1. The van der Waals surface area contributed by atoms with Gasteiger partial charge in [0.1, 0.15) is 0 Å². The van der Waals surface area contributed by atoms with E-state index in [0.29, 0.717) is 0 Å². The minimum atomic E-state index is -0.0576. The van der Waals surface area contributed by atoms with Crippen LogP contribution >= 0.6 is 12.4 Å². The van der Waals surface area contributed by atoms with Crippen LogP contribution in [0.1, 0.15) is 33.1 Å². The van der Waals surface area contributed by atoms with Gasteiger partial charge in [-0.2, -0.15) is 0 Å². The lowest BCUT2D eigenvalue weighted by molar-refractivity contribution is 0.220. The summed E-state index contributed by atoms with van der Waals surface area (Å²) < 4.78 is 0. The zero-order valence-electron chi connectivity index (χ0n) is 11.2. The van der Waals surface area contributed by atoms with Gasteiger partial charge in [-0.1, -0.05) is 0 Å². The van der Waals surface area contributed by atoms with E-state index in [-0.39, 0.29) is 17.9 Å². The molecule has 1 atom stereocenters. The second-order valence-corrected chi connectivity index (χ2v) is 5.81. The molecule has 1 heterocycles. The molecule has 4 heteroatoms. The Bertz CT molecular complexity index is 189. The first-order valence-corrected chi connectivity index (χ1v) is 6.06. The first kappa shape index (κ1) is 16.2. The van der Waals surface area contributed by atoms with E-state index in [0.717, 1.165) is 12.6 Å². The number of hydrogen-bond donors (Lipinski definition) is 1. The number of hydrogen-bond acceptors (Lipinski definition) is 3. The van der Waals surface area contributed by atoms with Crippen molar-refractivity contribution < 1.29 is 0 Å². The predicted molar refractivity (Wildman–Crippen MR) is 73.3 cm³/mol. The van der Waals surface area contributed by atoms with Crippen molar-refractivity contribution in [2.24, 2.45) is 5.73 Å². The molecule has 98 valence electrons. The second-order valence-electron chi connectivity index (χ2n) is 5.81. The van der Waals surface area contributed by atoms with Crippen molar-refractivity contribution in [2.75, 3.05) is 33.7 Å². The van der Waals surface area contributed by atoms with E-state index in [4.69, 9.17) is 5.73 Å². The van der Waals surface area contributed by atoms with Gasteiger partial charge in [-0.3, -0.25) is 0 Å². The molecule has 0 bridgehead atoms. The Morgan fingerprint density at radius 2 is 1.88 bits per heavy atom. The quantitative estimate of drug-likeness (QED) is 0.824. The molecule has 0 aromatic rings. The summed E-state index contributed by atoms with van der Waals surface area (Å²) >= 11 is 0. The second kappa shape index (κ2) is 6.80. The summed E-state index contributed by atoms with van der Waals surface area (Å²) in [6, 6.07) is 0.760. The molecule has 0 saturated carbocycles. The van der Waals surface area contributed by atoms with Crippen LogP contribution in [0.5, 0.6) is 0 Å². The summed E-state index contributed by atoms with van der Waals surface area (Å²) in [5, 5.41) is 0. The van der Waals surface area contributed by atoms with Crippen molar-refractivity contribution in [3.63, 3.8) is 0 Å². The maximum Gasteiger partial charge on any atom is 0.0226 e. The summed E-state index contributed by atoms with van der Waals surface area (Å²) in [5.74, 6) is 0. The molecule has 1 rings (SSSR count). The van der Waals surface area contributed by atoms with Gasteiger partial charge in [0.25, 0.3) is 0 Å². The van der Waals surface area contributed by atoms with E-state index in [9.17, 15) is 0 Å². The molecule has 3 nitrogen and oxygen atoms in total. The van der Waals surface area contributed by atoms with Crippen LogP contribution in [0.15, 0.2) is 0 Å². The van der Waals surface area contributed by atoms with Gasteiger partial charge in [-0.25, -0.2) is 0 Å². The predicted octanol–water partition coefficient (Wildman–Crippen LogP) is 1.56. The lowest BCUT2D eigenvalue weighted by atomic mass is 10.1. The maximum absolute atomic E-state index is 6.06. The fraction of sp³-hybridized carbons (Fsp3) is 1.00. The van der Waals surface area contributed by atoms with Gasteiger partial charge in [-0.15, -0.1) is 12.4 Å². The van der Waals surface area contributed by atoms with Crippen LogP contribution < -0.4 is 5.73 Å². The van der Waals surface area contributed by atoms with Gasteiger partial charge in [-0.05, 0) is 60.3 Å². The van der Waals surface area contributed by atoms with E-state index in [1.54, 1.807) is 0 Å². The van der Waals surface area contributed by atoms with Gasteiger partial charge < -0.3 is 15.5 Å². The first-order chi connectivity index (χ1) is 6.88. The SMILES string of the molecule is CN(C)C1CCCN(CC(C)(C)N)CC1.Cl. The number of halogens is 1. The molecule has 0 aromatic heterocycles. The molecule has 1 aliphatic rings. The van der Waals surface area contributed by atoms with Crippen molar-refractivity contribution in [3.05, 3.63) is 0 Å². The van der Waals surface area contributed by atoms with Crippen molar-refractivity contribution in [2.45, 2.75) is 44.7 Å². The Labute approximate surface area is 107 Å². The van der Waals surface area contributed by atoms with Gasteiger partial charge in [0.2, 0.25) is 0 Å². The largest absolute Gasteiger partial charge is 0.324 e. The minimum absolute atomic E-state index is 0. The van der Waals surface area contributed by atoms with E-state index in [1.165, 1.54) is 32.4 Å². The normalized spacial score (nSPS) is 24.0.